The minimum Gasteiger partial charge on any atom is -0.492 e. The summed E-state index contributed by atoms with van der Waals surface area (Å²) in [6.07, 6.45) is 0. The second-order valence-corrected chi connectivity index (χ2v) is 6.97. The van der Waals surface area contributed by atoms with Gasteiger partial charge in [-0.25, -0.2) is 17.6 Å². The lowest BCUT2D eigenvalue weighted by atomic mass is 10.2. The molecule has 0 fully saturated rings. The fourth-order valence-corrected chi connectivity index (χ4v) is 3.67. The summed E-state index contributed by atoms with van der Waals surface area (Å²) in [4.78, 5) is 10.4. The highest BCUT2D eigenvalue weighted by Gasteiger charge is 2.23. The zero-order valence-corrected chi connectivity index (χ0v) is 14.1. The van der Waals surface area contributed by atoms with Crippen LogP contribution >= 0.6 is 15.9 Å². The van der Waals surface area contributed by atoms with Crippen molar-refractivity contribution in [3.8, 4) is 5.75 Å². The number of anilines is 1. The van der Waals surface area contributed by atoms with Crippen LogP contribution in [-0.2, 0) is 10.0 Å². The number of sulfonamides is 1. The van der Waals surface area contributed by atoms with Gasteiger partial charge >= 0.3 is 5.97 Å². The maximum atomic E-state index is 13.8. The summed E-state index contributed by atoms with van der Waals surface area (Å²) in [7, 11) is -2.97. The van der Waals surface area contributed by atoms with E-state index in [1.54, 1.807) is 0 Å². The smallest absolute Gasteiger partial charge is 0.335 e. The van der Waals surface area contributed by atoms with Gasteiger partial charge in [0.1, 0.15) is 4.90 Å². The molecule has 9 heteroatoms. The van der Waals surface area contributed by atoms with Crippen LogP contribution < -0.4 is 9.46 Å². The SMILES string of the molecule is COc1c(F)cc(Br)cc1S(=O)(=O)Nc1ccc(C(=O)O)cc1. The molecule has 122 valence electrons. The zero-order valence-electron chi connectivity index (χ0n) is 11.7. The molecule has 0 atom stereocenters. The number of aromatic carboxylic acids is 1. The van der Waals surface area contributed by atoms with Crippen molar-refractivity contribution in [3.63, 3.8) is 0 Å². The van der Waals surface area contributed by atoms with Crippen molar-refractivity contribution in [2.75, 3.05) is 11.8 Å². The van der Waals surface area contributed by atoms with Crippen molar-refractivity contribution in [3.05, 3.63) is 52.3 Å². The maximum Gasteiger partial charge on any atom is 0.335 e. The molecule has 2 aromatic rings. The van der Waals surface area contributed by atoms with Crippen molar-refractivity contribution < 1.29 is 27.4 Å². The molecule has 2 N–H and O–H groups in total. The Bertz CT molecular complexity index is 852. The zero-order chi connectivity index (χ0) is 17.2. The van der Waals surface area contributed by atoms with E-state index in [0.717, 1.165) is 13.2 Å². The van der Waals surface area contributed by atoms with Gasteiger partial charge in [0.05, 0.1) is 12.7 Å². The van der Waals surface area contributed by atoms with Gasteiger partial charge in [0, 0.05) is 10.2 Å². The molecule has 6 nitrogen and oxygen atoms in total. The van der Waals surface area contributed by atoms with E-state index in [1.807, 2.05) is 0 Å². The normalized spacial score (nSPS) is 11.1. The van der Waals surface area contributed by atoms with Crippen molar-refractivity contribution in [1.29, 1.82) is 0 Å². The van der Waals surface area contributed by atoms with Crippen LogP contribution in [0.2, 0.25) is 0 Å². The fraction of sp³-hybridized carbons (Fsp3) is 0.0714. The second kappa shape index (κ2) is 6.55. The predicted molar refractivity (Wildman–Crippen MR) is 84.9 cm³/mol. The Balaban J connectivity index is 2.41. The summed E-state index contributed by atoms with van der Waals surface area (Å²) >= 11 is 3.03. The molecule has 0 radical (unpaired) electrons. The number of rotatable bonds is 5. The number of carboxylic acids is 1. The van der Waals surface area contributed by atoms with E-state index in [0.29, 0.717) is 0 Å². The summed E-state index contributed by atoms with van der Waals surface area (Å²) in [6, 6.07) is 7.37. The highest BCUT2D eigenvalue weighted by molar-refractivity contribution is 9.10. The average Bonchev–Trinajstić information content (AvgIpc) is 2.46. The van der Waals surface area contributed by atoms with E-state index in [2.05, 4.69) is 20.7 Å². The third-order valence-electron chi connectivity index (χ3n) is 2.85. The van der Waals surface area contributed by atoms with Crippen molar-refractivity contribution in [2.45, 2.75) is 4.90 Å². The number of nitrogens with one attached hydrogen (secondary N) is 1. The Morgan fingerprint density at radius 2 is 1.87 bits per heavy atom. The molecule has 0 saturated carbocycles. The van der Waals surface area contributed by atoms with Crippen LogP contribution in [0.5, 0.6) is 5.75 Å². The summed E-state index contributed by atoms with van der Waals surface area (Å²) in [5, 5.41) is 8.81. The lowest BCUT2D eigenvalue weighted by molar-refractivity contribution is 0.0697. The van der Waals surface area contributed by atoms with Crippen LogP contribution in [0.4, 0.5) is 10.1 Å². The van der Waals surface area contributed by atoms with Gasteiger partial charge in [-0.15, -0.1) is 0 Å². The first kappa shape index (κ1) is 17.2. The summed E-state index contributed by atoms with van der Waals surface area (Å²) in [6.45, 7) is 0. The van der Waals surface area contributed by atoms with Gasteiger partial charge in [-0.3, -0.25) is 4.72 Å². The lowest BCUT2D eigenvalue weighted by Gasteiger charge is -2.13. The monoisotopic (exact) mass is 403 g/mol. The molecule has 2 rings (SSSR count). The molecule has 0 aliphatic heterocycles. The average molecular weight is 404 g/mol. The number of hydrogen-bond acceptors (Lipinski definition) is 4. The van der Waals surface area contributed by atoms with Crippen LogP contribution in [0.25, 0.3) is 0 Å². The molecule has 0 heterocycles. The Morgan fingerprint density at radius 3 is 2.39 bits per heavy atom. The maximum absolute atomic E-state index is 13.8. The minimum absolute atomic E-state index is 0.0130. The Kier molecular flexibility index (Phi) is 4.90. The fourth-order valence-electron chi connectivity index (χ4n) is 1.83. The number of methoxy groups -OCH3 is 1. The first-order chi connectivity index (χ1) is 10.7. The molecule has 0 aromatic heterocycles. The second-order valence-electron chi connectivity index (χ2n) is 4.41. The van der Waals surface area contributed by atoms with Crippen LogP contribution in [0.15, 0.2) is 45.8 Å². The number of halogens is 2. The summed E-state index contributed by atoms with van der Waals surface area (Å²) < 4.78 is 45.9. The Labute approximate surface area is 140 Å². The molecular weight excluding hydrogens is 393 g/mol. The van der Waals surface area contributed by atoms with Crippen molar-refractivity contribution >= 4 is 37.6 Å². The van der Waals surface area contributed by atoms with Gasteiger partial charge in [0.2, 0.25) is 0 Å². The topological polar surface area (TPSA) is 92.7 Å². The molecule has 0 saturated heterocycles. The highest BCUT2D eigenvalue weighted by atomic mass is 79.9. The number of benzene rings is 2. The van der Waals surface area contributed by atoms with E-state index in [4.69, 9.17) is 9.84 Å². The molecule has 0 aliphatic carbocycles. The van der Waals surface area contributed by atoms with Crippen LogP contribution in [0.3, 0.4) is 0 Å². The highest BCUT2D eigenvalue weighted by Crippen LogP contribution is 2.31. The van der Waals surface area contributed by atoms with Gasteiger partial charge in [0.25, 0.3) is 10.0 Å². The molecule has 2 aromatic carbocycles. The minimum atomic E-state index is -4.13. The summed E-state index contributed by atoms with van der Waals surface area (Å²) in [5.74, 6) is -2.37. The molecule has 0 bridgehead atoms. The van der Waals surface area contributed by atoms with Crippen molar-refractivity contribution in [2.24, 2.45) is 0 Å². The largest absolute Gasteiger partial charge is 0.492 e. The third kappa shape index (κ3) is 3.80. The van der Waals surface area contributed by atoms with Gasteiger partial charge in [-0.05, 0) is 36.4 Å². The predicted octanol–water partition coefficient (Wildman–Crippen LogP) is 3.10. The molecule has 0 spiro atoms. The standard InChI is InChI=1S/C14H11BrFNO5S/c1-22-13-11(16)6-9(15)7-12(13)23(20,21)17-10-4-2-8(3-5-10)14(18)19/h2-7,17H,1H3,(H,18,19). The Hall–Kier alpha value is -2.13. The molecule has 0 aliphatic rings. The van der Waals surface area contributed by atoms with Gasteiger partial charge in [-0.2, -0.15) is 0 Å². The first-order valence-electron chi connectivity index (χ1n) is 6.14. The number of carboxylic acid groups (broad SMARTS) is 1. The Morgan fingerprint density at radius 1 is 1.26 bits per heavy atom. The van der Waals surface area contributed by atoms with E-state index in [9.17, 15) is 17.6 Å². The van der Waals surface area contributed by atoms with E-state index in [-0.39, 0.29) is 20.6 Å². The van der Waals surface area contributed by atoms with Gasteiger partial charge in [-0.1, -0.05) is 15.9 Å². The molecule has 0 amide bonds. The first-order valence-corrected chi connectivity index (χ1v) is 8.41. The van der Waals surface area contributed by atoms with E-state index < -0.39 is 27.6 Å². The molecule has 23 heavy (non-hydrogen) atoms. The lowest BCUT2D eigenvalue weighted by Crippen LogP contribution is -2.15. The van der Waals surface area contributed by atoms with Crippen LogP contribution in [0.1, 0.15) is 10.4 Å². The molecule has 0 unspecified atom stereocenters. The van der Waals surface area contributed by atoms with Gasteiger partial charge in [0.15, 0.2) is 11.6 Å². The summed E-state index contributed by atoms with van der Waals surface area (Å²) in [5.41, 5.74) is 0.150. The van der Waals surface area contributed by atoms with Crippen LogP contribution in [0, 0.1) is 5.82 Å². The number of ether oxygens (including phenoxy) is 1. The quantitative estimate of drug-likeness (QED) is 0.799. The molecular formula is C14H11BrFNO5S. The van der Waals surface area contributed by atoms with E-state index in [1.165, 1.54) is 30.3 Å². The third-order valence-corrected chi connectivity index (χ3v) is 4.70. The number of hydrogen-bond donors (Lipinski definition) is 2. The van der Waals surface area contributed by atoms with Crippen LogP contribution in [-0.4, -0.2) is 26.6 Å². The van der Waals surface area contributed by atoms with Gasteiger partial charge < -0.3 is 9.84 Å². The number of carbonyl (C=O) groups is 1. The van der Waals surface area contributed by atoms with E-state index >= 15 is 0 Å². The van der Waals surface area contributed by atoms with Crippen molar-refractivity contribution in [1.82, 2.24) is 0 Å².